The van der Waals surface area contributed by atoms with Crippen LogP contribution in [0.5, 0.6) is 5.75 Å². The molecule has 0 N–H and O–H groups in total. The Morgan fingerprint density at radius 1 is 0.676 bits per heavy atom. The van der Waals surface area contributed by atoms with Crippen LogP contribution in [0.15, 0.2) is 42.5 Å². The van der Waals surface area contributed by atoms with Crippen LogP contribution in [0, 0.1) is 41.3 Å². The molecule has 3 aliphatic carbocycles. The van der Waals surface area contributed by atoms with E-state index >= 15 is 8.78 Å². The zero-order valence-corrected chi connectivity index (χ0v) is 22.7. The lowest BCUT2D eigenvalue weighted by molar-refractivity contribution is -0.224. The van der Waals surface area contributed by atoms with E-state index in [1.165, 1.54) is 75.6 Å². The minimum atomic E-state index is -3.19. The first-order valence-electron chi connectivity index (χ1n) is 14.4. The number of halogens is 4. The molecule has 0 unspecified atom stereocenters. The number of benzene rings is 2. The van der Waals surface area contributed by atoms with Gasteiger partial charge in [-0.15, -0.1) is 0 Å². The van der Waals surface area contributed by atoms with E-state index in [9.17, 15) is 4.39 Å². The zero-order chi connectivity index (χ0) is 26.0. The van der Waals surface area contributed by atoms with Crippen molar-refractivity contribution in [3.63, 3.8) is 0 Å². The van der Waals surface area contributed by atoms with Crippen molar-refractivity contribution in [1.29, 1.82) is 0 Å². The van der Waals surface area contributed by atoms with E-state index < -0.39 is 17.8 Å². The topological polar surface area (TPSA) is 9.23 Å². The van der Waals surface area contributed by atoms with Gasteiger partial charge < -0.3 is 4.74 Å². The SMILES string of the molecule is CC1CCC(C2CCC(C3CCC(C(F)(F)Oc4ccc(-c5ccc(Cl)c(F)c5)cc4)CC3)CC2)CC1. The summed E-state index contributed by atoms with van der Waals surface area (Å²) in [5, 5.41) is 0.0554. The summed E-state index contributed by atoms with van der Waals surface area (Å²) in [6.07, 6.45) is 10.6. The van der Waals surface area contributed by atoms with Gasteiger partial charge in [-0.05, 0) is 129 Å². The Kier molecular flexibility index (Phi) is 8.43. The van der Waals surface area contributed by atoms with E-state index in [0.717, 1.165) is 42.1 Å². The van der Waals surface area contributed by atoms with Crippen molar-refractivity contribution < 1.29 is 17.9 Å². The van der Waals surface area contributed by atoms with Gasteiger partial charge in [-0.3, -0.25) is 0 Å². The summed E-state index contributed by atoms with van der Waals surface area (Å²) >= 11 is 5.75. The van der Waals surface area contributed by atoms with Gasteiger partial charge in [0.2, 0.25) is 0 Å². The molecular formula is C32H40ClF3O. The monoisotopic (exact) mass is 532 g/mol. The van der Waals surface area contributed by atoms with Crippen LogP contribution in [0.4, 0.5) is 13.2 Å². The van der Waals surface area contributed by atoms with Crippen molar-refractivity contribution >= 4 is 11.6 Å². The lowest BCUT2D eigenvalue weighted by Gasteiger charge is -2.41. The second-order valence-electron chi connectivity index (χ2n) is 12.1. The first kappa shape index (κ1) is 26.9. The van der Waals surface area contributed by atoms with Crippen molar-refractivity contribution in [2.75, 3.05) is 0 Å². The van der Waals surface area contributed by atoms with Gasteiger partial charge in [-0.1, -0.05) is 49.6 Å². The molecule has 37 heavy (non-hydrogen) atoms. The molecule has 0 bridgehead atoms. The van der Waals surface area contributed by atoms with E-state index in [1.54, 1.807) is 18.2 Å². The van der Waals surface area contributed by atoms with Gasteiger partial charge in [0, 0.05) is 0 Å². The summed E-state index contributed by atoms with van der Waals surface area (Å²) in [5.41, 5.74) is 1.36. The highest BCUT2D eigenvalue weighted by molar-refractivity contribution is 6.30. The smallest absolute Gasteiger partial charge is 0.400 e. The number of rotatable bonds is 6. The van der Waals surface area contributed by atoms with Crippen LogP contribution in [0.2, 0.25) is 5.02 Å². The molecule has 0 spiro atoms. The Balaban J connectivity index is 1.09. The molecular weight excluding hydrogens is 493 g/mol. The number of hydrogen-bond acceptors (Lipinski definition) is 1. The second-order valence-corrected chi connectivity index (χ2v) is 12.5. The van der Waals surface area contributed by atoms with Crippen molar-refractivity contribution in [3.05, 3.63) is 53.3 Å². The summed E-state index contributed by atoms with van der Waals surface area (Å²) in [7, 11) is 0. The predicted octanol–water partition coefficient (Wildman–Crippen LogP) is 10.6. The highest BCUT2D eigenvalue weighted by Gasteiger charge is 2.45. The summed E-state index contributed by atoms with van der Waals surface area (Å²) in [4.78, 5) is 0. The Morgan fingerprint density at radius 2 is 1.14 bits per heavy atom. The van der Waals surface area contributed by atoms with Crippen LogP contribution < -0.4 is 4.74 Å². The van der Waals surface area contributed by atoms with Crippen molar-refractivity contribution in [2.24, 2.45) is 35.5 Å². The normalized spacial score (nSPS) is 31.2. The van der Waals surface area contributed by atoms with E-state index in [0.29, 0.717) is 24.3 Å². The lowest BCUT2D eigenvalue weighted by Crippen LogP contribution is -2.38. The molecule has 0 radical (unpaired) electrons. The van der Waals surface area contributed by atoms with Crippen molar-refractivity contribution in [3.8, 4) is 16.9 Å². The van der Waals surface area contributed by atoms with Crippen LogP contribution in [-0.4, -0.2) is 6.11 Å². The molecule has 0 atom stereocenters. The molecule has 0 aromatic heterocycles. The number of hydrogen-bond donors (Lipinski definition) is 0. The molecule has 202 valence electrons. The number of ether oxygens (including phenoxy) is 1. The largest absolute Gasteiger partial charge is 0.432 e. The van der Waals surface area contributed by atoms with Gasteiger partial charge >= 0.3 is 6.11 Å². The third-order valence-corrected chi connectivity index (χ3v) is 10.1. The Labute approximate surface area is 225 Å². The van der Waals surface area contributed by atoms with Gasteiger partial charge in [-0.2, -0.15) is 8.78 Å². The molecule has 0 aliphatic heterocycles. The van der Waals surface area contributed by atoms with E-state index in [1.807, 2.05) is 0 Å². The zero-order valence-electron chi connectivity index (χ0n) is 21.9. The van der Waals surface area contributed by atoms with Crippen LogP contribution in [-0.2, 0) is 0 Å². The first-order chi connectivity index (χ1) is 17.8. The quantitative estimate of drug-likeness (QED) is 0.359. The third kappa shape index (κ3) is 6.49. The minimum Gasteiger partial charge on any atom is -0.432 e. The average molecular weight is 533 g/mol. The molecule has 2 aromatic carbocycles. The maximum Gasteiger partial charge on any atom is 0.400 e. The van der Waals surface area contributed by atoms with Crippen molar-refractivity contribution in [1.82, 2.24) is 0 Å². The summed E-state index contributed by atoms with van der Waals surface area (Å²) < 4.78 is 49.2. The molecule has 5 heteroatoms. The van der Waals surface area contributed by atoms with E-state index in [2.05, 4.69) is 6.92 Å². The van der Waals surface area contributed by atoms with Gasteiger partial charge in [-0.25, -0.2) is 4.39 Å². The fourth-order valence-corrected chi connectivity index (χ4v) is 7.52. The molecule has 3 saturated carbocycles. The summed E-state index contributed by atoms with van der Waals surface area (Å²) in [5.74, 6) is 2.96. The maximum atomic E-state index is 15.1. The summed E-state index contributed by atoms with van der Waals surface area (Å²) in [6.45, 7) is 2.39. The average Bonchev–Trinajstić information content (AvgIpc) is 2.91. The van der Waals surface area contributed by atoms with Crippen LogP contribution in [0.25, 0.3) is 11.1 Å². The molecule has 1 nitrogen and oxygen atoms in total. The maximum absolute atomic E-state index is 15.1. The fraction of sp³-hybridized carbons (Fsp3) is 0.625. The first-order valence-corrected chi connectivity index (χ1v) is 14.8. The van der Waals surface area contributed by atoms with Gasteiger partial charge in [0.25, 0.3) is 0 Å². The lowest BCUT2D eigenvalue weighted by atomic mass is 9.65. The predicted molar refractivity (Wildman–Crippen MR) is 144 cm³/mol. The Bertz CT molecular complexity index is 1010. The standard InChI is InChI=1S/C32H40ClF3O/c1-21-2-4-22(5-3-21)23-6-8-24(9-7-23)25-10-15-28(16-11-25)32(35,36)37-29-17-12-26(13-18-29)27-14-19-30(33)31(34)20-27/h12-14,17-25,28H,2-11,15-16H2,1H3. The Hall–Kier alpha value is -1.68. The Morgan fingerprint density at radius 3 is 1.65 bits per heavy atom. The molecule has 0 amide bonds. The molecule has 0 saturated heterocycles. The van der Waals surface area contributed by atoms with E-state index in [-0.39, 0.29) is 10.8 Å². The number of alkyl halides is 2. The molecule has 3 fully saturated rings. The van der Waals surface area contributed by atoms with Gasteiger partial charge in [0.1, 0.15) is 11.6 Å². The second kappa shape index (κ2) is 11.6. The van der Waals surface area contributed by atoms with Gasteiger partial charge in [0.15, 0.2) is 0 Å². The van der Waals surface area contributed by atoms with Crippen LogP contribution in [0.3, 0.4) is 0 Å². The summed E-state index contributed by atoms with van der Waals surface area (Å²) in [6, 6.07) is 11.0. The van der Waals surface area contributed by atoms with Crippen LogP contribution >= 0.6 is 11.6 Å². The van der Waals surface area contributed by atoms with E-state index in [4.69, 9.17) is 16.3 Å². The highest BCUT2D eigenvalue weighted by Crippen LogP contribution is 2.48. The molecule has 5 rings (SSSR count). The molecule has 0 heterocycles. The van der Waals surface area contributed by atoms with Crippen molar-refractivity contribution in [2.45, 2.75) is 90.1 Å². The molecule has 2 aromatic rings. The fourth-order valence-electron chi connectivity index (χ4n) is 7.40. The minimum absolute atomic E-state index is 0.0554. The highest BCUT2D eigenvalue weighted by atomic mass is 35.5. The molecule has 3 aliphatic rings. The third-order valence-electron chi connectivity index (χ3n) is 9.82. The van der Waals surface area contributed by atoms with Crippen LogP contribution in [0.1, 0.15) is 84.0 Å². The van der Waals surface area contributed by atoms with Gasteiger partial charge in [0.05, 0.1) is 10.9 Å².